The first-order chi connectivity index (χ1) is 5.47. The minimum absolute atomic E-state index is 0.187. The highest BCUT2D eigenvalue weighted by Crippen LogP contribution is 2.23. The highest BCUT2D eigenvalue weighted by molar-refractivity contribution is 7.18. The van der Waals surface area contributed by atoms with Gasteiger partial charge in [0.05, 0.1) is 0 Å². The molecule has 0 aliphatic rings. The number of aryl methyl sites for hydroxylation is 1. The Morgan fingerprint density at radius 3 is 2.50 bits per heavy atom. The van der Waals surface area contributed by atoms with Gasteiger partial charge in [0.25, 0.3) is 0 Å². The lowest BCUT2D eigenvalue weighted by molar-refractivity contribution is 0.206. The van der Waals surface area contributed by atoms with E-state index < -0.39 is 0 Å². The van der Waals surface area contributed by atoms with Crippen LogP contribution < -0.4 is 4.74 Å². The van der Waals surface area contributed by atoms with Crippen molar-refractivity contribution in [2.75, 3.05) is 0 Å². The van der Waals surface area contributed by atoms with Gasteiger partial charge in [-0.05, 0) is 38.5 Å². The lowest BCUT2D eigenvalue weighted by Gasteiger charge is -2.21. The van der Waals surface area contributed by atoms with E-state index in [4.69, 9.17) is 4.74 Å². The zero-order valence-corrected chi connectivity index (χ0v) is 8.95. The summed E-state index contributed by atoms with van der Waals surface area (Å²) in [4.78, 5) is 0. The Morgan fingerprint density at radius 1 is 1.33 bits per heavy atom. The molecule has 0 radical (unpaired) electrons. The van der Waals surface area contributed by atoms with E-state index in [0.717, 1.165) is 5.75 Å². The van der Waals surface area contributed by atoms with Crippen LogP contribution in [0.25, 0.3) is 0 Å². The van der Waals surface area contributed by atoms with Gasteiger partial charge in [0.2, 0.25) is 0 Å². The lowest BCUT2D eigenvalue weighted by Crippen LogP contribution is -2.18. The molecule has 0 spiro atoms. The molecule has 0 fully saturated rings. The Balaban J connectivity index is 2.77. The zero-order chi connectivity index (χ0) is 9.19. The van der Waals surface area contributed by atoms with Crippen LogP contribution in [-0.2, 0) is 0 Å². The first-order valence-electron chi connectivity index (χ1n) is 4.02. The second kappa shape index (κ2) is 3.45. The minimum Gasteiger partial charge on any atom is -0.484 e. The van der Waals surface area contributed by atoms with Crippen LogP contribution in [0.5, 0.6) is 5.75 Å². The van der Waals surface area contributed by atoms with E-state index >= 15 is 0 Å². The minimum atomic E-state index is -0.187. The fourth-order valence-electron chi connectivity index (χ4n) is 0.983. The molecule has 0 saturated heterocycles. The van der Waals surface area contributed by atoms with E-state index in [9.17, 15) is 0 Å². The predicted molar refractivity (Wildman–Crippen MR) is 55.6 cm³/mol. The summed E-state index contributed by atoms with van der Waals surface area (Å²) < 4.78 is 5.65. The van der Waals surface area contributed by atoms with Crippen LogP contribution in [0.3, 0.4) is 0 Å². The van der Waals surface area contributed by atoms with E-state index in [1.165, 1.54) is 5.56 Å². The van der Waals surface area contributed by atoms with Crippen LogP contribution in [0.4, 0.5) is 0 Å². The van der Waals surface area contributed by atoms with Gasteiger partial charge in [-0.1, -0.05) is 21.4 Å². The van der Waals surface area contributed by atoms with Crippen LogP contribution in [0, 0.1) is 6.92 Å². The molecule has 66 valence electrons. The SMILES string of the molecule is Cc1cccc(OC(C)(C)P)c1. The molecule has 0 heterocycles. The Labute approximate surface area is 76.3 Å². The molecule has 0 aromatic heterocycles. The molecule has 1 aromatic rings. The average molecular weight is 182 g/mol. The van der Waals surface area contributed by atoms with Gasteiger partial charge in [-0.15, -0.1) is 0 Å². The van der Waals surface area contributed by atoms with Crippen molar-refractivity contribution in [1.82, 2.24) is 0 Å². The quantitative estimate of drug-likeness (QED) is 0.639. The number of benzene rings is 1. The fourth-order valence-corrected chi connectivity index (χ4v) is 1.12. The molecule has 1 nitrogen and oxygen atoms in total. The van der Waals surface area contributed by atoms with Gasteiger partial charge in [0.1, 0.15) is 11.1 Å². The second-order valence-electron chi connectivity index (χ2n) is 3.52. The van der Waals surface area contributed by atoms with Gasteiger partial charge in [-0.3, -0.25) is 0 Å². The first kappa shape index (κ1) is 9.54. The summed E-state index contributed by atoms with van der Waals surface area (Å²) in [6.45, 7) is 6.09. The van der Waals surface area contributed by atoms with Crippen molar-refractivity contribution >= 4 is 9.24 Å². The zero-order valence-electron chi connectivity index (χ0n) is 7.79. The Bertz CT molecular complexity index is 263. The number of hydrogen-bond acceptors (Lipinski definition) is 1. The van der Waals surface area contributed by atoms with Crippen LogP contribution in [-0.4, -0.2) is 5.34 Å². The number of ether oxygens (including phenoxy) is 1. The first-order valence-corrected chi connectivity index (χ1v) is 4.60. The maximum Gasteiger partial charge on any atom is 0.120 e. The molecule has 1 rings (SSSR count). The van der Waals surface area contributed by atoms with Gasteiger partial charge in [-0.2, -0.15) is 0 Å². The molecule has 0 bridgehead atoms. The summed E-state index contributed by atoms with van der Waals surface area (Å²) in [5.41, 5.74) is 1.22. The molecule has 12 heavy (non-hydrogen) atoms. The van der Waals surface area contributed by atoms with E-state index in [1.54, 1.807) is 0 Å². The Kier molecular flexibility index (Phi) is 2.74. The molecule has 1 aromatic carbocycles. The van der Waals surface area contributed by atoms with E-state index in [-0.39, 0.29) is 5.34 Å². The largest absolute Gasteiger partial charge is 0.484 e. The van der Waals surface area contributed by atoms with Crippen molar-refractivity contribution in [2.24, 2.45) is 0 Å². The van der Waals surface area contributed by atoms with E-state index in [2.05, 4.69) is 22.2 Å². The van der Waals surface area contributed by atoms with Crippen molar-refractivity contribution in [3.8, 4) is 5.75 Å². The van der Waals surface area contributed by atoms with Gasteiger partial charge in [-0.25, -0.2) is 0 Å². The average Bonchev–Trinajstić information content (AvgIpc) is 1.82. The highest BCUT2D eigenvalue weighted by Gasteiger charge is 2.11. The Hall–Kier alpha value is -0.550. The Morgan fingerprint density at radius 2 is 2.00 bits per heavy atom. The van der Waals surface area contributed by atoms with Crippen molar-refractivity contribution in [2.45, 2.75) is 26.1 Å². The summed E-state index contributed by atoms with van der Waals surface area (Å²) in [7, 11) is 2.66. The number of hydrogen-bond donors (Lipinski definition) is 0. The third-order valence-corrected chi connectivity index (χ3v) is 1.49. The van der Waals surface area contributed by atoms with Crippen molar-refractivity contribution in [1.29, 1.82) is 0 Å². The normalized spacial score (nSPS) is 11.3. The molecule has 2 heteroatoms. The molecule has 0 saturated carbocycles. The van der Waals surface area contributed by atoms with Gasteiger partial charge in [0.15, 0.2) is 0 Å². The third-order valence-electron chi connectivity index (χ3n) is 1.37. The maximum absolute atomic E-state index is 5.65. The summed E-state index contributed by atoms with van der Waals surface area (Å²) in [6, 6.07) is 8.06. The third kappa shape index (κ3) is 3.23. The summed E-state index contributed by atoms with van der Waals surface area (Å²) >= 11 is 0. The number of rotatable bonds is 2. The standard InChI is InChI=1S/C10H15OP/c1-8-5-4-6-9(7-8)11-10(2,3)12/h4-7H,12H2,1-3H3. The van der Waals surface area contributed by atoms with Crippen molar-refractivity contribution < 1.29 is 4.74 Å². The highest BCUT2D eigenvalue weighted by atomic mass is 31.0. The summed E-state index contributed by atoms with van der Waals surface area (Å²) in [6.07, 6.45) is 0. The van der Waals surface area contributed by atoms with E-state index in [1.807, 2.05) is 32.0 Å². The lowest BCUT2D eigenvalue weighted by atomic mass is 10.2. The molecule has 0 N–H and O–H groups in total. The van der Waals surface area contributed by atoms with Gasteiger partial charge < -0.3 is 4.74 Å². The molecule has 0 aliphatic heterocycles. The van der Waals surface area contributed by atoms with Crippen LogP contribution in [0.2, 0.25) is 0 Å². The van der Waals surface area contributed by atoms with Crippen molar-refractivity contribution in [3.63, 3.8) is 0 Å². The summed E-state index contributed by atoms with van der Waals surface area (Å²) in [5, 5.41) is -0.187. The van der Waals surface area contributed by atoms with Crippen LogP contribution in [0.1, 0.15) is 19.4 Å². The monoisotopic (exact) mass is 182 g/mol. The maximum atomic E-state index is 5.65. The molecule has 0 amide bonds. The predicted octanol–water partition coefficient (Wildman–Crippen LogP) is 2.99. The smallest absolute Gasteiger partial charge is 0.120 e. The van der Waals surface area contributed by atoms with Crippen LogP contribution >= 0.6 is 9.24 Å². The van der Waals surface area contributed by atoms with Crippen molar-refractivity contribution in [3.05, 3.63) is 29.8 Å². The van der Waals surface area contributed by atoms with Gasteiger partial charge in [0, 0.05) is 0 Å². The van der Waals surface area contributed by atoms with E-state index in [0.29, 0.717) is 0 Å². The van der Waals surface area contributed by atoms with Crippen LogP contribution in [0.15, 0.2) is 24.3 Å². The summed E-state index contributed by atoms with van der Waals surface area (Å²) in [5.74, 6) is 0.926. The fraction of sp³-hybridized carbons (Fsp3) is 0.400. The molecule has 1 atom stereocenters. The second-order valence-corrected chi connectivity index (χ2v) is 4.91. The molecule has 1 unspecified atom stereocenters. The molecular weight excluding hydrogens is 167 g/mol. The molecule has 0 aliphatic carbocycles. The topological polar surface area (TPSA) is 9.23 Å². The van der Waals surface area contributed by atoms with Gasteiger partial charge >= 0.3 is 0 Å². The molecular formula is C10H15OP.